The standard InChI is InChI=1S/C26H21I2NO5S/c1-15(2)34-23(30)13-29-25(31)22(35-26(29)32)12-16-10-20(27)24(21(28)11-16)33-14-18-8-5-7-17-6-3-4-9-19(17)18/h3-12,15H,13-14H2,1-2H3/b22-12+. The zero-order valence-corrected chi connectivity index (χ0v) is 24.0. The molecule has 9 heteroatoms. The van der Waals surface area contributed by atoms with Crippen LogP contribution >= 0.6 is 56.9 Å². The number of hydrogen-bond donors (Lipinski definition) is 0. The van der Waals surface area contributed by atoms with Gasteiger partial charge < -0.3 is 9.47 Å². The molecular weight excluding hydrogens is 692 g/mol. The van der Waals surface area contributed by atoms with Crippen LogP contribution in [0.15, 0.2) is 59.5 Å². The van der Waals surface area contributed by atoms with Gasteiger partial charge in [-0.15, -0.1) is 0 Å². The first-order valence-corrected chi connectivity index (χ1v) is 13.7. The second-order valence-corrected chi connectivity index (χ2v) is 11.4. The number of imide groups is 1. The number of carbonyl (C=O) groups excluding carboxylic acids is 3. The quantitative estimate of drug-likeness (QED) is 0.156. The van der Waals surface area contributed by atoms with E-state index in [1.54, 1.807) is 19.9 Å². The first-order valence-electron chi connectivity index (χ1n) is 10.8. The number of esters is 1. The van der Waals surface area contributed by atoms with Crippen molar-refractivity contribution in [2.24, 2.45) is 0 Å². The third-order valence-electron chi connectivity index (χ3n) is 5.10. The van der Waals surface area contributed by atoms with Crippen LogP contribution in [0.2, 0.25) is 0 Å². The summed E-state index contributed by atoms with van der Waals surface area (Å²) >= 11 is 5.24. The highest BCUT2D eigenvalue weighted by molar-refractivity contribution is 14.1. The van der Waals surface area contributed by atoms with Crippen LogP contribution in [-0.4, -0.2) is 34.7 Å². The number of fused-ring (bicyclic) bond motifs is 1. The minimum atomic E-state index is -0.611. The van der Waals surface area contributed by atoms with Crippen LogP contribution in [0, 0.1) is 7.14 Å². The van der Waals surface area contributed by atoms with Crippen LogP contribution in [0.1, 0.15) is 25.0 Å². The van der Waals surface area contributed by atoms with Crippen molar-refractivity contribution >= 4 is 90.9 Å². The van der Waals surface area contributed by atoms with Crippen molar-refractivity contribution in [1.29, 1.82) is 0 Å². The van der Waals surface area contributed by atoms with E-state index in [1.165, 1.54) is 5.39 Å². The molecular formula is C26H21I2NO5S. The van der Waals surface area contributed by atoms with Gasteiger partial charge in [0.25, 0.3) is 11.1 Å². The smallest absolute Gasteiger partial charge is 0.326 e. The summed E-state index contributed by atoms with van der Waals surface area (Å²) in [5, 5.41) is 1.84. The molecule has 1 aliphatic heterocycles. The lowest BCUT2D eigenvalue weighted by atomic mass is 10.1. The Labute approximate surface area is 234 Å². The topological polar surface area (TPSA) is 72.9 Å². The molecule has 3 aromatic rings. The molecule has 1 fully saturated rings. The van der Waals surface area contributed by atoms with E-state index < -0.39 is 23.7 Å². The van der Waals surface area contributed by atoms with Crippen molar-refractivity contribution in [1.82, 2.24) is 4.90 Å². The number of halogens is 2. The summed E-state index contributed by atoms with van der Waals surface area (Å²) in [4.78, 5) is 38.1. The van der Waals surface area contributed by atoms with Gasteiger partial charge >= 0.3 is 5.97 Å². The molecule has 0 atom stereocenters. The number of rotatable bonds is 7. The molecule has 1 saturated heterocycles. The number of nitrogens with zero attached hydrogens (tertiary/aromatic N) is 1. The van der Waals surface area contributed by atoms with Gasteiger partial charge in [-0.05, 0) is 111 Å². The number of ether oxygens (including phenoxy) is 2. The molecule has 1 heterocycles. The zero-order valence-electron chi connectivity index (χ0n) is 18.9. The Morgan fingerprint density at radius 3 is 2.46 bits per heavy atom. The van der Waals surface area contributed by atoms with Gasteiger partial charge in [0.1, 0.15) is 18.9 Å². The van der Waals surface area contributed by atoms with Crippen molar-refractivity contribution in [2.75, 3.05) is 6.54 Å². The summed E-state index contributed by atoms with van der Waals surface area (Å²) in [6.45, 7) is 3.46. The molecule has 0 aromatic heterocycles. The molecule has 1 aliphatic rings. The van der Waals surface area contributed by atoms with Crippen LogP contribution < -0.4 is 4.74 Å². The highest BCUT2D eigenvalue weighted by Gasteiger charge is 2.36. The molecule has 0 unspecified atom stereocenters. The summed E-state index contributed by atoms with van der Waals surface area (Å²) in [5.74, 6) is -0.344. The van der Waals surface area contributed by atoms with Gasteiger partial charge in [0.15, 0.2) is 0 Å². The first-order chi connectivity index (χ1) is 16.7. The minimum absolute atomic E-state index is 0.267. The van der Waals surface area contributed by atoms with E-state index >= 15 is 0 Å². The van der Waals surface area contributed by atoms with Gasteiger partial charge in [0, 0.05) is 0 Å². The van der Waals surface area contributed by atoms with Crippen LogP contribution in [0.4, 0.5) is 4.79 Å². The molecule has 4 rings (SSSR count). The molecule has 6 nitrogen and oxygen atoms in total. The predicted molar refractivity (Wildman–Crippen MR) is 154 cm³/mol. The average Bonchev–Trinajstić information content (AvgIpc) is 3.05. The Balaban J connectivity index is 1.50. The molecule has 0 N–H and O–H groups in total. The van der Waals surface area contributed by atoms with Crippen LogP contribution in [0.25, 0.3) is 16.8 Å². The van der Waals surface area contributed by atoms with Gasteiger partial charge in [0.2, 0.25) is 0 Å². The van der Waals surface area contributed by atoms with Crippen molar-refractivity contribution in [3.8, 4) is 5.75 Å². The van der Waals surface area contributed by atoms with E-state index in [1.807, 2.05) is 30.3 Å². The van der Waals surface area contributed by atoms with Gasteiger partial charge in [-0.2, -0.15) is 0 Å². The number of thioether (sulfide) groups is 1. The Hall–Kier alpha value is -2.12. The summed E-state index contributed by atoms with van der Waals surface area (Å²) < 4.78 is 13.0. The Morgan fingerprint density at radius 2 is 1.74 bits per heavy atom. The third-order valence-corrected chi connectivity index (χ3v) is 7.61. The second kappa shape index (κ2) is 11.3. The van der Waals surface area contributed by atoms with E-state index in [-0.39, 0.29) is 11.0 Å². The van der Waals surface area contributed by atoms with E-state index in [0.717, 1.165) is 46.1 Å². The first kappa shape index (κ1) is 26.0. The maximum absolute atomic E-state index is 12.7. The molecule has 35 heavy (non-hydrogen) atoms. The lowest BCUT2D eigenvalue weighted by Crippen LogP contribution is -2.35. The second-order valence-electron chi connectivity index (χ2n) is 8.05. The van der Waals surface area contributed by atoms with Gasteiger partial charge in [-0.3, -0.25) is 19.3 Å². The fourth-order valence-corrected chi connectivity index (χ4v) is 6.55. The Bertz CT molecular complexity index is 1330. The molecule has 0 bridgehead atoms. The molecule has 0 spiro atoms. The largest absolute Gasteiger partial charge is 0.487 e. The average molecular weight is 713 g/mol. The lowest BCUT2D eigenvalue weighted by molar-refractivity contribution is -0.149. The van der Waals surface area contributed by atoms with Crippen molar-refractivity contribution in [3.05, 3.63) is 77.8 Å². The monoisotopic (exact) mass is 713 g/mol. The van der Waals surface area contributed by atoms with Gasteiger partial charge in [0.05, 0.1) is 18.1 Å². The van der Waals surface area contributed by atoms with E-state index in [0.29, 0.717) is 6.61 Å². The molecule has 180 valence electrons. The van der Waals surface area contributed by atoms with E-state index in [2.05, 4.69) is 69.4 Å². The molecule has 0 aliphatic carbocycles. The Morgan fingerprint density at radius 1 is 1.06 bits per heavy atom. The van der Waals surface area contributed by atoms with Crippen molar-refractivity contribution < 1.29 is 23.9 Å². The van der Waals surface area contributed by atoms with E-state index in [4.69, 9.17) is 9.47 Å². The van der Waals surface area contributed by atoms with Gasteiger partial charge in [-0.25, -0.2) is 0 Å². The predicted octanol–water partition coefficient (Wildman–Crippen LogP) is 6.62. The maximum atomic E-state index is 12.7. The molecule has 0 saturated carbocycles. The SMILES string of the molecule is CC(C)OC(=O)CN1C(=O)S/C(=C/c2cc(I)c(OCc3cccc4ccccc34)c(I)c2)C1=O. The highest BCUT2D eigenvalue weighted by atomic mass is 127. The van der Waals surface area contributed by atoms with Gasteiger partial charge in [-0.1, -0.05) is 42.5 Å². The number of amides is 2. The minimum Gasteiger partial charge on any atom is -0.487 e. The normalized spacial score (nSPS) is 14.9. The van der Waals surface area contributed by atoms with Crippen LogP contribution in [0.5, 0.6) is 5.75 Å². The maximum Gasteiger partial charge on any atom is 0.326 e. The number of benzene rings is 3. The van der Waals surface area contributed by atoms with Crippen LogP contribution in [0.3, 0.4) is 0 Å². The number of carbonyl (C=O) groups is 3. The van der Waals surface area contributed by atoms with Crippen molar-refractivity contribution in [3.63, 3.8) is 0 Å². The summed E-state index contributed by atoms with van der Waals surface area (Å²) in [6.07, 6.45) is 1.35. The molecule has 3 aromatic carbocycles. The fourth-order valence-electron chi connectivity index (χ4n) is 3.59. The zero-order chi connectivity index (χ0) is 25.1. The molecule has 2 amide bonds. The summed E-state index contributed by atoms with van der Waals surface area (Å²) in [5.41, 5.74) is 1.87. The fraction of sp³-hybridized carbons (Fsp3) is 0.192. The Kier molecular flexibility index (Phi) is 8.38. The molecule has 0 radical (unpaired) electrons. The van der Waals surface area contributed by atoms with Crippen molar-refractivity contribution in [2.45, 2.75) is 26.6 Å². The van der Waals surface area contributed by atoms with Crippen LogP contribution in [-0.2, 0) is 20.9 Å². The van der Waals surface area contributed by atoms with E-state index in [9.17, 15) is 14.4 Å². The number of hydrogen-bond acceptors (Lipinski definition) is 6. The summed E-state index contributed by atoms with van der Waals surface area (Å²) in [7, 11) is 0. The third kappa shape index (κ3) is 6.18. The lowest BCUT2D eigenvalue weighted by Gasteiger charge is -2.14. The summed E-state index contributed by atoms with van der Waals surface area (Å²) in [6, 6.07) is 18.2. The highest BCUT2D eigenvalue weighted by Crippen LogP contribution is 2.35.